The van der Waals surface area contributed by atoms with Crippen molar-refractivity contribution in [2.75, 3.05) is 26.9 Å². The average molecular weight is 282 g/mol. The molecule has 1 aromatic rings. The van der Waals surface area contributed by atoms with Gasteiger partial charge < -0.3 is 19.3 Å². The molecule has 1 rings (SSSR count). The molecule has 0 spiro atoms. The minimum absolute atomic E-state index is 0.202. The van der Waals surface area contributed by atoms with E-state index in [-0.39, 0.29) is 6.61 Å². The smallest absolute Gasteiger partial charge is 0.126 e. The lowest BCUT2D eigenvalue weighted by Gasteiger charge is -2.11. The van der Waals surface area contributed by atoms with Gasteiger partial charge in [0.15, 0.2) is 0 Å². The van der Waals surface area contributed by atoms with Crippen LogP contribution >= 0.6 is 0 Å². The highest BCUT2D eigenvalue weighted by molar-refractivity contribution is 5.42. The normalized spacial score (nSPS) is 10.3. The lowest BCUT2D eigenvalue weighted by molar-refractivity contribution is 0.251. The molecule has 0 radical (unpaired) electrons. The van der Waals surface area contributed by atoms with E-state index in [1.807, 2.05) is 18.2 Å². The molecule has 0 fully saturated rings. The van der Waals surface area contributed by atoms with Crippen LogP contribution in [-0.4, -0.2) is 32.0 Å². The summed E-state index contributed by atoms with van der Waals surface area (Å²) in [6, 6.07) is 5.60. The minimum atomic E-state index is 0.202. The second-order valence-corrected chi connectivity index (χ2v) is 4.68. The third-order valence-electron chi connectivity index (χ3n) is 2.93. The first-order valence-electron chi connectivity index (χ1n) is 7.35. The van der Waals surface area contributed by atoms with E-state index in [0.29, 0.717) is 13.2 Å². The van der Waals surface area contributed by atoms with Crippen molar-refractivity contribution >= 4 is 0 Å². The van der Waals surface area contributed by atoms with Gasteiger partial charge >= 0.3 is 0 Å². The van der Waals surface area contributed by atoms with Crippen molar-refractivity contribution in [3.63, 3.8) is 0 Å². The monoisotopic (exact) mass is 282 g/mol. The first kappa shape index (κ1) is 16.6. The molecule has 4 heteroatoms. The van der Waals surface area contributed by atoms with Gasteiger partial charge in [-0.3, -0.25) is 0 Å². The molecule has 0 aliphatic heterocycles. The average Bonchev–Trinajstić information content (AvgIpc) is 2.48. The Bertz CT molecular complexity index is 335. The number of aliphatic hydroxyl groups excluding tert-OH is 1. The van der Waals surface area contributed by atoms with Crippen LogP contribution in [0.5, 0.6) is 17.2 Å². The van der Waals surface area contributed by atoms with E-state index in [2.05, 4.69) is 6.92 Å². The molecule has 114 valence electrons. The zero-order chi connectivity index (χ0) is 14.6. The third kappa shape index (κ3) is 6.66. The predicted octanol–water partition coefficient (Wildman–Crippen LogP) is 3.42. The number of hydrogen-bond acceptors (Lipinski definition) is 4. The van der Waals surface area contributed by atoms with E-state index in [0.717, 1.165) is 36.5 Å². The molecular weight excluding hydrogens is 256 g/mol. The summed E-state index contributed by atoms with van der Waals surface area (Å²) >= 11 is 0. The Labute approximate surface area is 121 Å². The molecule has 1 N–H and O–H groups in total. The molecule has 4 nitrogen and oxygen atoms in total. The largest absolute Gasteiger partial charge is 0.496 e. The zero-order valence-electron chi connectivity index (χ0n) is 12.6. The Balaban J connectivity index is 2.51. The Kier molecular flexibility index (Phi) is 8.63. The molecule has 0 bridgehead atoms. The quantitative estimate of drug-likeness (QED) is 0.632. The predicted molar refractivity (Wildman–Crippen MR) is 79.8 cm³/mol. The first-order valence-corrected chi connectivity index (χ1v) is 7.35. The molecule has 0 aliphatic rings. The highest BCUT2D eigenvalue weighted by Crippen LogP contribution is 2.28. The summed E-state index contributed by atoms with van der Waals surface area (Å²) in [5.74, 6) is 2.25. The molecule has 20 heavy (non-hydrogen) atoms. The van der Waals surface area contributed by atoms with Crippen LogP contribution in [0.15, 0.2) is 18.2 Å². The molecule has 0 saturated heterocycles. The van der Waals surface area contributed by atoms with E-state index in [1.165, 1.54) is 12.8 Å². The van der Waals surface area contributed by atoms with Crippen LogP contribution in [0.3, 0.4) is 0 Å². The van der Waals surface area contributed by atoms with Crippen molar-refractivity contribution in [2.45, 2.75) is 39.0 Å². The van der Waals surface area contributed by atoms with Gasteiger partial charge in [-0.1, -0.05) is 19.8 Å². The molecule has 0 amide bonds. The SMILES string of the molecule is CCCCCOc1cc(OC)cc(OCCCCO)c1. The summed E-state index contributed by atoms with van der Waals surface area (Å²) in [6.45, 7) is 3.67. The standard InChI is InChI=1S/C16H26O4/c1-3-4-6-9-19-15-11-14(18-2)12-16(13-15)20-10-7-5-8-17/h11-13,17H,3-10H2,1-2H3. The second-order valence-electron chi connectivity index (χ2n) is 4.68. The number of hydrogen-bond donors (Lipinski definition) is 1. The summed E-state index contributed by atoms with van der Waals surface area (Å²) in [4.78, 5) is 0. The zero-order valence-corrected chi connectivity index (χ0v) is 12.6. The van der Waals surface area contributed by atoms with Crippen LogP contribution in [0.4, 0.5) is 0 Å². The van der Waals surface area contributed by atoms with Crippen LogP contribution in [-0.2, 0) is 0 Å². The second kappa shape index (κ2) is 10.4. The summed E-state index contributed by atoms with van der Waals surface area (Å²) < 4.78 is 16.6. The molecule has 0 aliphatic carbocycles. The summed E-state index contributed by atoms with van der Waals surface area (Å²) in [5.41, 5.74) is 0. The maximum Gasteiger partial charge on any atom is 0.126 e. The number of unbranched alkanes of at least 4 members (excludes halogenated alkanes) is 3. The maximum absolute atomic E-state index is 8.73. The van der Waals surface area contributed by atoms with E-state index in [1.54, 1.807) is 7.11 Å². The highest BCUT2D eigenvalue weighted by Gasteiger charge is 2.04. The number of aliphatic hydroxyl groups is 1. The van der Waals surface area contributed by atoms with Gasteiger partial charge in [0.05, 0.1) is 20.3 Å². The van der Waals surface area contributed by atoms with Gasteiger partial charge in [0.1, 0.15) is 17.2 Å². The molecule has 0 unspecified atom stereocenters. The molecule has 1 aromatic carbocycles. The van der Waals surface area contributed by atoms with Gasteiger partial charge in [0.2, 0.25) is 0 Å². The van der Waals surface area contributed by atoms with Gasteiger partial charge in [-0.15, -0.1) is 0 Å². The number of ether oxygens (including phenoxy) is 3. The van der Waals surface area contributed by atoms with E-state index < -0.39 is 0 Å². The van der Waals surface area contributed by atoms with Crippen molar-refractivity contribution in [3.8, 4) is 17.2 Å². The molecule has 0 atom stereocenters. The van der Waals surface area contributed by atoms with Crippen LogP contribution in [0.1, 0.15) is 39.0 Å². The van der Waals surface area contributed by atoms with Crippen LogP contribution in [0, 0.1) is 0 Å². The first-order chi connectivity index (χ1) is 9.80. The van der Waals surface area contributed by atoms with Crippen LogP contribution in [0.2, 0.25) is 0 Å². The summed E-state index contributed by atoms with van der Waals surface area (Å²) in [7, 11) is 1.63. The number of benzene rings is 1. The third-order valence-corrected chi connectivity index (χ3v) is 2.93. The lowest BCUT2D eigenvalue weighted by Crippen LogP contribution is -2.01. The highest BCUT2D eigenvalue weighted by atomic mass is 16.5. The van der Waals surface area contributed by atoms with E-state index in [9.17, 15) is 0 Å². The van der Waals surface area contributed by atoms with Gasteiger partial charge in [0, 0.05) is 24.8 Å². The van der Waals surface area contributed by atoms with Gasteiger partial charge in [-0.25, -0.2) is 0 Å². The fourth-order valence-electron chi connectivity index (χ4n) is 1.78. The topological polar surface area (TPSA) is 47.9 Å². The summed E-state index contributed by atoms with van der Waals surface area (Å²) in [6.07, 6.45) is 5.00. The van der Waals surface area contributed by atoms with E-state index >= 15 is 0 Å². The minimum Gasteiger partial charge on any atom is -0.496 e. The Morgan fingerprint density at radius 1 is 0.850 bits per heavy atom. The fourth-order valence-corrected chi connectivity index (χ4v) is 1.78. The molecule has 0 aromatic heterocycles. The number of methoxy groups -OCH3 is 1. The van der Waals surface area contributed by atoms with E-state index in [4.69, 9.17) is 19.3 Å². The van der Waals surface area contributed by atoms with Gasteiger partial charge in [0.25, 0.3) is 0 Å². The van der Waals surface area contributed by atoms with Crippen LogP contribution in [0.25, 0.3) is 0 Å². The van der Waals surface area contributed by atoms with Gasteiger partial charge in [-0.05, 0) is 19.3 Å². The van der Waals surface area contributed by atoms with Crippen molar-refractivity contribution in [3.05, 3.63) is 18.2 Å². The molecule has 0 heterocycles. The number of rotatable bonds is 11. The molecular formula is C16H26O4. The Morgan fingerprint density at radius 2 is 1.40 bits per heavy atom. The van der Waals surface area contributed by atoms with Crippen molar-refractivity contribution < 1.29 is 19.3 Å². The van der Waals surface area contributed by atoms with Crippen molar-refractivity contribution in [2.24, 2.45) is 0 Å². The lowest BCUT2D eigenvalue weighted by atomic mass is 10.2. The van der Waals surface area contributed by atoms with Gasteiger partial charge in [-0.2, -0.15) is 0 Å². The van der Waals surface area contributed by atoms with Crippen molar-refractivity contribution in [1.82, 2.24) is 0 Å². The fraction of sp³-hybridized carbons (Fsp3) is 0.625. The maximum atomic E-state index is 8.73. The molecule has 0 saturated carbocycles. The Morgan fingerprint density at radius 3 is 1.90 bits per heavy atom. The van der Waals surface area contributed by atoms with Crippen LogP contribution < -0.4 is 14.2 Å². The summed E-state index contributed by atoms with van der Waals surface area (Å²) in [5, 5.41) is 8.73. The Hall–Kier alpha value is -1.42. The van der Waals surface area contributed by atoms with Crippen molar-refractivity contribution in [1.29, 1.82) is 0 Å².